The van der Waals surface area contributed by atoms with Gasteiger partial charge in [0.1, 0.15) is 34.9 Å². The molecule has 0 amide bonds. The van der Waals surface area contributed by atoms with Gasteiger partial charge in [0.25, 0.3) is 0 Å². The van der Waals surface area contributed by atoms with Crippen LogP contribution in [-0.4, -0.2) is 29.9 Å². The zero-order valence-corrected chi connectivity index (χ0v) is 22.9. The fourth-order valence-electron chi connectivity index (χ4n) is 4.11. The maximum atomic E-state index is 6.01. The second-order valence-electron chi connectivity index (χ2n) is 7.81. The molecule has 37 heavy (non-hydrogen) atoms. The average Bonchev–Trinajstić information content (AvgIpc) is 3.44. The fourth-order valence-corrected chi connectivity index (χ4v) is 4.74. The molecule has 0 atom stereocenters. The van der Waals surface area contributed by atoms with Gasteiger partial charge in [-0.1, -0.05) is 70.0 Å². The first kappa shape index (κ1) is 26.6. The van der Waals surface area contributed by atoms with E-state index in [9.17, 15) is 0 Å². The summed E-state index contributed by atoms with van der Waals surface area (Å²) in [6.45, 7) is 0. The fraction of sp³-hybridized carbons (Fsp3) is 0. The maximum Gasteiger partial charge on any atom is 0.143 e. The van der Waals surface area contributed by atoms with Crippen LogP contribution >= 0.6 is 52.3 Å². The lowest BCUT2D eigenvalue weighted by Crippen LogP contribution is -1.95. The molecule has 0 aliphatic carbocycles. The standard InChI is InChI=1S/C16H11BrN4.C10H6ClN3.2ClH/c17-10-4-3-5-11(8-10)20-15-14-12-6-1-2-7-13(12)21-16(14)19-9-18-15;11-9-8-6-3-1-2-4-7(6)14-10(8)13-5-12-9;;/h1-9H,(H2,18,19,20,21);1-5H,(H,12,13,14);2*1H. The van der Waals surface area contributed by atoms with Crippen molar-refractivity contribution < 1.29 is 0 Å². The molecule has 0 bridgehead atoms. The van der Waals surface area contributed by atoms with Crippen molar-refractivity contribution in [3.05, 3.63) is 95.1 Å². The summed E-state index contributed by atoms with van der Waals surface area (Å²) in [5.74, 6) is 0.801. The Balaban J connectivity index is 0.000000176. The number of rotatable bonds is 2. The molecular weight excluding hydrogens is 597 g/mol. The lowest BCUT2D eigenvalue weighted by molar-refractivity contribution is 1.20. The number of para-hydroxylation sites is 2. The first-order chi connectivity index (χ1) is 17.2. The molecule has 0 aliphatic rings. The predicted molar refractivity (Wildman–Crippen MR) is 160 cm³/mol. The molecule has 7 aromatic rings. The van der Waals surface area contributed by atoms with E-state index in [1.807, 2.05) is 66.7 Å². The van der Waals surface area contributed by atoms with Gasteiger partial charge in [-0.05, 0) is 30.3 Å². The lowest BCUT2D eigenvalue weighted by atomic mass is 10.2. The Bertz CT molecular complexity index is 1830. The number of aromatic nitrogens is 6. The molecule has 0 spiro atoms. The minimum absolute atomic E-state index is 0. The van der Waals surface area contributed by atoms with Crippen molar-refractivity contribution in [1.29, 1.82) is 0 Å². The van der Waals surface area contributed by atoms with Crippen LogP contribution in [0.2, 0.25) is 5.15 Å². The molecule has 0 fully saturated rings. The molecule has 7 rings (SSSR count). The first-order valence-corrected chi connectivity index (χ1v) is 12.0. The highest BCUT2D eigenvalue weighted by Crippen LogP contribution is 2.31. The number of halogens is 4. The zero-order chi connectivity index (χ0) is 23.8. The van der Waals surface area contributed by atoms with E-state index >= 15 is 0 Å². The van der Waals surface area contributed by atoms with Crippen LogP contribution in [0.15, 0.2) is 89.9 Å². The van der Waals surface area contributed by atoms with E-state index < -0.39 is 0 Å². The van der Waals surface area contributed by atoms with Crippen molar-refractivity contribution in [3.63, 3.8) is 0 Å². The van der Waals surface area contributed by atoms with Gasteiger partial charge in [-0.15, -0.1) is 24.8 Å². The quantitative estimate of drug-likeness (QED) is 0.170. The van der Waals surface area contributed by atoms with Crippen molar-refractivity contribution in [2.75, 3.05) is 5.32 Å². The number of benzene rings is 3. The van der Waals surface area contributed by atoms with Gasteiger partial charge in [-0.25, -0.2) is 19.9 Å². The highest BCUT2D eigenvalue weighted by Gasteiger charge is 2.11. The second-order valence-corrected chi connectivity index (χ2v) is 9.08. The van der Waals surface area contributed by atoms with Crippen LogP contribution in [0.5, 0.6) is 0 Å². The topological polar surface area (TPSA) is 95.2 Å². The summed E-state index contributed by atoms with van der Waals surface area (Å²) >= 11 is 9.48. The third kappa shape index (κ3) is 5.19. The molecular formula is C26H19BrCl3N7. The smallest absolute Gasteiger partial charge is 0.143 e. The van der Waals surface area contributed by atoms with Gasteiger partial charge in [-0.2, -0.15) is 0 Å². The monoisotopic (exact) mass is 613 g/mol. The van der Waals surface area contributed by atoms with Crippen LogP contribution in [-0.2, 0) is 0 Å². The molecule has 0 saturated carbocycles. The SMILES string of the molecule is Brc1cccc(Nc2ncnc3[nH]c4ccccc4c23)c1.Cl.Cl.Clc1ncnc2[nH]c3ccccc3c12. The van der Waals surface area contributed by atoms with E-state index in [1.165, 1.54) is 6.33 Å². The molecule has 4 aromatic heterocycles. The zero-order valence-electron chi connectivity index (χ0n) is 18.9. The van der Waals surface area contributed by atoms with Gasteiger partial charge in [0.05, 0.1) is 10.8 Å². The Morgan fingerprint density at radius 1 is 0.676 bits per heavy atom. The summed E-state index contributed by atoms with van der Waals surface area (Å²) in [4.78, 5) is 23.3. The molecule has 0 unspecified atom stereocenters. The minimum atomic E-state index is 0. The third-order valence-electron chi connectivity index (χ3n) is 5.63. The molecule has 0 saturated heterocycles. The van der Waals surface area contributed by atoms with E-state index in [4.69, 9.17) is 11.6 Å². The molecule has 7 nitrogen and oxygen atoms in total. The summed E-state index contributed by atoms with van der Waals surface area (Å²) in [7, 11) is 0. The number of H-pyrrole nitrogens is 2. The Kier molecular flexibility index (Phi) is 8.14. The lowest BCUT2D eigenvalue weighted by Gasteiger charge is -2.07. The van der Waals surface area contributed by atoms with Crippen LogP contribution in [0.4, 0.5) is 11.5 Å². The number of anilines is 2. The largest absolute Gasteiger partial charge is 0.340 e. The van der Waals surface area contributed by atoms with Crippen LogP contribution in [0.3, 0.4) is 0 Å². The Hall–Kier alpha value is -3.43. The molecule has 3 aromatic carbocycles. The van der Waals surface area contributed by atoms with E-state index in [-0.39, 0.29) is 24.8 Å². The number of fused-ring (bicyclic) bond motifs is 6. The number of hydrogen-bond donors (Lipinski definition) is 3. The van der Waals surface area contributed by atoms with Gasteiger partial charge in [0, 0.05) is 32.0 Å². The van der Waals surface area contributed by atoms with Crippen molar-refractivity contribution in [3.8, 4) is 0 Å². The Morgan fingerprint density at radius 2 is 1.27 bits per heavy atom. The van der Waals surface area contributed by atoms with Gasteiger partial charge in [0.2, 0.25) is 0 Å². The van der Waals surface area contributed by atoms with E-state index in [0.29, 0.717) is 5.15 Å². The van der Waals surface area contributed by atoms with Gasteiger partial charge in [0.15, 0.2) is 0 Å². The average molecular weight is 616 g/mol. The number of nitrogens with zero attached hydrogens (tertiary/aromatic N) is 4. The normalized spacial score (nSPS) is 10.5. The third-order valence-corrected chi connectivity index (χ3v) is 6.41. The highest BCUT2D eigenvalue weighted by molar-refractivity contribution is 9.10. The minimum Gasteiger partial charge on any atom is -0.340 e. The summed E-state index contributed by atoms with van der Waals surface area (Å²) in [5.41, 5.74) is 4.69. The van der Waals surface area contributed by atoms with Crippen molar-refractivity contribution in [2.24, 2.45) is 0 Å². The molecule has 3 N–H and O–H groups in total. The number of hydrogen-bond acceptors (Lipinski definition) is 5. The van der Waals surface area contributed by atoms with E-state index in [1.54, 1.807) is 6.33 Å². The van der Waals surface area contributed by atoms with E-state index in [0.717, 1.165) is 59.9 Å². The van der Waals surface area contributed by atoms with Gasteiger partial charge in [-0.3, -0.25) is 0 Å². The molecule has 4 heterocycles. The first-order valence-electron chi connectivity index (χ1n) is 10.8. The van der Waals surface area contributed by atoms with Crippen molar-refractivity contribution >= 4 is 108 Å². The summed E-state index contributed by atoms with van der Waals surface area (Å²) < 4.78 is 1.02. The molecule has 0 aliphatic heterocycles. The maximum absolute atomic E-state index is 6.01. The van der Waals surface area contributed by atoms with Crippen LogP contribution in [0.25, 0.3) is 43.9 Å². The molecule has 11 heteroatoms. The molecule has 0 radical (unpaired) electrons. The number of nitrogens with one attached hydrogen (secondary N) is 3. The van der Waals surface area contributed by atoms with Crippen LogP contribution in [0.1, 0.15) is 0 Å². The van der Waals surface area contributed by atoms with E-state index in [2.05, 4.69) is 57.2 Å². The summed E-state index contributed by atoms with van der Waals surface area (Å²) in [5, 5.41) is 7.94. The van der Waals surface area contributed by atoms with Crippen LogP contribution < -0.4 is 5.32 Å². The van der Waals surface area contributed by atoms with Gasteiger partial charge >= 0.3 is 0 Å². The molecule has 186 valence electrons. The van der Waals surface area contributed by atoms with Crippen LogP contribution in [0, 0.1) is 0 Å². The highest BCUT2D eigenvalue weighted by atomic mass is 79.9. The Labute approximate surface area is 237 Å². The van der Waals surface area contributed by atoms with Crippen molar-refractivity contribution in [2.45, 2.75) is 0 Å². The van der Waals surface area contributed by atoms with Gasteiger partial charge < -0.3 is 15.3 Å². The van der Waals surface area contributed by atoms with Crippen molar-refractivity contribution in [1.82, 2.24) is 29.9 Å². The second kappa shape index (κ2) is 11.3. The predicted octanol–water partition coefficient (Wildman–Crippen LogP) is 8.23. The number of aromatic amines is 2. The summed E-state index contributed by atoms with van der Waals surface area (Å²) in [6.07, 6.45) is 3.03. The summed E-state index contributed by atoms with van der Waals surface area (Å²) in [6, 6.07) is 24.1. The Morgan fingerprint density at radius 3 is 1.95 bits per heavy atom.